The van der Waals surface area contributed by atoms with Gasteiger partial charge in [0.1, 0.15) is 4.32 Å². The molecule has 4 aromatic rings. The van der Waals surface area contributed by atoms with E-state index in [0.717, 1.165) is 34.2 Å². The van der Waals surface area contributed by atoms with Crippen LogP contribution in [0.1, 0.15) is 16.8 Å². The number of H-pyrrole nitrogens is 1. The first-order valence-electron chi connectivity index (χ1n) is 9.01. The van der Waals surface area contributed by atoms with Crippen LogP contribution >= 0.6 is 24.0 Å². The van der Waals surface area contributed by atoms with Crippen molar-refractivity contribution in [2.24, 2.45) is 0 Å². The lowest BCUT2D eigenvalue weighted by Gasteiger charge is -2.08. The summed E-state index contributed by atoms with van der Waals surface area (Å²) in [6.07, 6.45) is 3.04. The molecule has 136 valence electrons. The molecular weight excluding hydrogens is 370 g/mol. The van der Waals surface area contributed by atoms with Gasteiger partial charge in [0.05, 0.1) is 5.52 Å². The molecule has 2 aromatic heterocycles. The topological polar surface area (TPSA) is 40.7 Å². The number of fused-ring (bicyclic) bond motifs is 2. The number of aromatic nitrogens is 2. The Labute approximate surface area is 168 Å². The van der Waals surface area contributed by atoms with E-state index in [4.69, 9.17) is 12.2 Å². The fourth-order valence-electron chi connectivity index (χ4n) is 3.20. The maximum Gasteiger partial charge on any atom is 0.134 e. The highest BCUT2D eigenvalue weighted by molar-refractivity contribution is 8.22. The van der Waals surface area contributed by atoms with Crippen molar-refractivity contribution in [1.82, 2.24) is 15.3 Å². The van der Waals surface area contributed by atoms with Gasteiger partial charge in [-0.1, -0.05) is 54.3 Å². The van der Waals surface area contributed by atoms with Gasteiger partial charge in [-0.15, -0.1) is 0 Å². The van der Waals surface area contributed by atoms with Gasteiger partial charge in [-0.2, -0.15) is 0 Å². The number of aromatic amines is 1. The Morgan fingerprint density at radius 2 is 2.04 bits per heavy atom. The minimum absolute atomic E-state index is 0.842. The highest BCUT2D eigenvalue weighted by atomic mass is 32.2. The first kappa shape index (κ1) is 18.0. The van der Waals surface area contributed by atoms with Crippen LogP contribution in [0.5, 0.6) is 0 Å². The predicted molar refractivity (Wildman–Crippen MR) is 120 cm³/mol. The van der Waals surface area contributed by atoms with Gasteiger partial charge in [-0.25, -0.2) is 0 Å². The normalized spacial score (nSPS) is 11.1. The minimum atomic E-state index is 0.842. The molecule has 5 heteroatoms. The Kier molecular flexibility index (Phi) is 5.41. The van der Waals surface area contributed by atoms with E-state index in [1.54, 1.807) is 11.8 Å². The first-order chi connectivity index (χ1) is 13.2. The van der Waals surface area contributed by atoms with Crippen LogP contribution in [0.4, 0.5) is 0 Å². The Bertz CT molecular complexity index is 1100. The lowest BCUT2D eigenvalue weighted by molar-refractivity contribution is 0.887. The number of hydrogen-bond acceptors (Lipinski definition) is 3. The number of rotatable bonds is 5. The molecule has 2 N–H and O–H groups in total. The number of pyridine rings is 1. The summed E-state index contributed by atoms with van der Waals surface area (Å²) >= 11 is 7.16. The summed E-state index contributed by atoms with van der Waals surface area (Å²) < 4.78 is 0.844. The molecule has 0 fully saturated rings. The third-order valence-corrected chi connectivity index (χ3v) is 5.98. The zero-order valence-electron chi connectivity index (χ0n) is 15.2. The zero-order valence-corrected chi connectivity index (χ0v) is 16.8. The second-order valence-electron chi connectivity index (χ2n) is 6.59. The van der Waals surface area contributed by atoms with Crippen LogP contribution in [-0.4, -0.2) is 20.8 Å². The Hall–Kier alpha value is -2.37. The SMILES string of the molecule is Cc1ccc2cc(CSC(=S)NCCc3c[nH]c4ccccc34)ccc2n1. The molecule has 4 rings (SSSR count). The quantitative estimate of drug-likeness (QED) is 0.449. The molecule has 2 heterocycles. The van der Waals surface area contributed by atoms with E-state index < -0.39 is 0 Å². The smallest absolute Gasteiger partial charge is 0.134 e. The van der Waals surface area contributed by atoms with E-state index in [1.807, 2.05) is 6.92 Å². The zero-order chi connectivity index (χ0) is 18.6. The number of para-hydroxylation sites is 1. The van der Waals surface area contributed by atoms with Gasteiger partial charge in [0, 0.05) is 40.5 Å². The average Bonchev–Trinajstić information content (AvgIpc) is 3.09. The Morgan fingerprint density at radius 1 is 1.15 bits per heavy atom. The standard InChI is InChI=1S/C22H21N3S2/c1-15-6-8-17-12-16(7-9-20(17)25-15)14-27-22(26)23-11-10-18-13-24-21-5-3-2-4-19(18)21/h2-9,12-13,24H,10-11,14H2,1H3,(H,23,26). The average molecular weight is 392 g/mol. The van der Waals surface area contributed by atoms with Gasteiger partial charge in [0.2, 0.25) is 0 Å². The van der Waals surface area contributed by atoms with Gasteiger partial charge >= 0.3 is 0 Å². The summed E-state index contributed by atoms with van der Waals surface area (Å²) in [4.78, 5) is 7.87. The van der Waals surface area contributed by atoms with Gasteiger partial charge in [0.15, 0.2) is 0 Å². The molecule has 0 unspecified atom stereocenters. The minimum Gasteiger partial charge on any atom is -0.371 e. The van der Waals surface area contributed by atoms with Crippen molar-refractivity contribution in [2.45, 2.75) is 19.1 Å². The molecule has 3 nitrogen and oxygen atoms in total. The largest absolute Gasteiger partial charge is 0.371 e. The molecule has 0 saturated heterocycles. The maximum atomic E-state index is 5.49. The van der Waals surface area contributed by atoms with Crippen LogP contribution in [-0.2, 0) is 12.2 Å². The number of benzene rings is 2. The van der Waals surface area contributed by atoms with Crippen molar-refractivity contribution in [3.8, 4) is 0 Å². The molecule has 0 saturated carbocycles. The number of aryl methyl sites for hydroxylation is 1. The second kappa shape index (κ2) is 8.11. The summed E-state index contributed by atoms with van der Waals surface area (Å²) in [6.45, 7) is 2.86. The van der Waals surface area contributed by atoms with Crippen LogP contribution in [0.3, 0.4) is 0 Å². The molecule has 0 atom stereocenters. The highest BCUT2D eigenvalue weighted by Gasteiger charge is 2.04. The molecule has 0 aliphatic heterocycles. The van der Waals surface area contributed by atoms with Crippen molar-refractivity contribution in [3.63, 3.8) is 0 Å². The van der Waals surface area contributed by atoms with E-state index >= 15 is 0 Å². The van der Waals surface area contributed by atoms with Crippen LogP contribution in [0.15, 0.2) is 60.8 Å². The van der Waals surface area contributed by atoms with Crippen molar-refractivity contribution >= 4 is 50.1 Å². The van der Waals surface area contributed by atoms with Gasteiger partial charge < -0.3 is 10.3 Å². The van der Waals surface area contributed by atoms with E-state index in [0.29, 0.717) is 0 Å². The number of thioether (sulfide) groups is 1. The van der Waals surface area contributed by atoms with E-state index in [-0.39, 0.29) is 0 Å². The summed E-state index contributed by atoms with van der Waals surface area (Å²) in [6, 6.07) is 19.0. The fraction of sp³-hybridized carbons (Fsp3) is 0.182. The number of hydrogen-bond donors (Lipinski definition) is 2. The number of thiocarbonyl (C=S) groups is 1. The Balaban J connectivity index is 1.29. The second-order valence-corrected chi connectivity index (χ2v) is 8.24. The lowest BCUT2D eigenvalue weighted by atomic mass is 10.1. The maximum absolute atomic E-state index is 5.49. The first-order valence-corrected chi connectivity index (χ1v) is 10.4. The van der Waals surface area contributed by atoms with Crippen LogP contribution in [0.25, 0.3) is 21.8 Å². The van der Waals surface area contributed by atoms with Crippen molar-refractivity contribution < 1.29 is 0 Å². The van der Waals surface area contributed by atoms with E-state index in [1.165, 1.54) is 27.4 Å². The molecule has 2 aromatic carbocycles. The van der Waals surface area contributed by atoms with Crippen molar-refractivity contribution in [2.75, 3.05) is 6.54 Å². The predicted octanol–water partition coefficient (Wildman–Crippen LogP) is 5.37. The fourth-order valence-corrected chi connectivity index (χ4v) is 4.16. The summed E-state index contributed by atoms with van der Waals surface area (Å²) in [7, 11) is 0. The molecule has 0 spiro atoms. The third-order valence-electron chi connectivity index (χ3n) is 4.60. The molecular formula is C22H21N3S2. The van der Waals surface area contributed by atoms with Crippen LogP contribution in [0, 0.1) is 6.92 Å². The molecule has 0 aliphatic carbocycles. The molecule has 27 heavy (non-hydrogen) atoms. The monoisotopic (exact) mass is 391 g/mol. The van der Waals surface area contributed by atoms with E-state index in [2.05, 4.69) is 76.1 Å². The number of nitrogens with one attached hydrogen (secondary N) is 2. The third kappa shape index (κ3) is 4.31. The van der Waals surface area contributed by atoms with Gasteiger partial charge in [0.25, 0.3) is 0 Å². The van der Waals surface area contributed by atoms with Gasteiger partial charge in [-0.05, 0) is 48.7 Å². The Morgan fingerprint density at radius 3 is 2.96 bits per heavy atom. The summed E-state index contributed by atoms with van der Waals surface area (Å²) in [5.41, 5.74) is 5.86. The summed E-state index contributed by atoms with van der Waals surface area (Å²) in [5, 5.41) is 5.84. The van der Waals surface area contributed by atoms with Gasteiger partial charge in [-0.3, -0.25) is 4.98 Å². The molecule has 0 aliphatic rings. The summed E-state index contributed by atoms with van der Waals surface area (Å²) in [5.74, 6) is 0.864. The molecule has 0 amide bonds. The van der Waals surface area contributed by atoms with Crippen LogP contribution < -0.4 is 5.32 Å². The van der Waals surface area contributed by atoms with Crippen LogP contribution in [0.2, 0.25) is 0 Å². The van der Waals surface area contributed by atoms with Crippen molar-refractivity contribution in [1.29, 1.82) is 0 Å². The highest BCUT2D eigenvalue weighted by Crippen LogP contribution is 2.20. The number of nitrogens with zero attached hydrogens (tertiary/aromatic N) is 1. The van der Waals surface area contributed by atoms with E-state index in [9.17, 15) is 0 Å². The van der Waals surface area contributed by atoms with Crippen molar-refractivity contribution in [3.05, 3.63) is 77.6 Å². The molecule has 0 bridgehead atoms. The lowest BCUT2D eigenvalue weighted by Crippen LogP contribution is -2.21. The molecule has 0 radical (unpaired) electrons.